The van der Waals surface area contributed by atoms with Gasteiger partial charge in [-0.3, -0.25) is 4.90 Å². The van der Waals surface area contributed by atoms with E-state index in [-0.39, 0.29) is 12.1 Å². The Balaban J connectivity index is 1.56. The monoisotopic (exact) mass is 307 g/mol. The van der Waals surface area contributed by atoms with Crippen molar-refractivity contribution in [1.29, 1.82) is 0 Å². The van der Waals surface area contributed by atoms with Crippen LogP contribution in [0.4, 0.5) is 4.79 Å². The molecule has 2 aliphatic rings. The standard InChI is InChI=1S/C15H25N5O2/c1-2-19-6-7-20(10-13(19)14-16-4-5-17-14)15(21)18-9-12-3-8-22-11-12/h4-5,12-13H,2-3,6-11H2,1H3,(H,16,17)(H,18,21)/t12-,13-/m0/s1. The van der Waals surface area contributed by atoms with E-state index in [4.69, 9.17) is 4.74 Å². The van der Waals surface area contributed by atoms with Gasteiger partial charge in [0.2, 0.25) is 0 Å². The molecule has 0 radical (unpaired) electrons. The molecule has 3 heterocycles. The van der Waals surface area contributed by atoms with Crippen LogP contribution >= 0.6 is 0 Å². The van der Waals surface area contributed by atoms with Gasteiger partial charge in [0, 0.05) is 51.1 Å². The summed E-state index contributed by atoms with van der Waals surface area (Å²) in [6.07, 6.45) is 4.64. The topological polar surface area (TPSA) is 73.5 Å². The highest BCUT2D eigenvalue weighted by Gasteiger charge is 2.31. The molecule has 2 fully saturated rings. The summed E-state index contributed by atoms with van der Waals surface area (Å²) in [5.74, 6) is 1.39. The van der Waals surface area contributed by atoms with Gasteiger partial charge in [0.1, 0.15) is 5.82 Å². The van der Waals surface area contributed by atoms with Crippen molar-refractivity contribution in [3.05, 3.63) is 18.2 Å². The third-order valence-electron chi connectivity index (χ3n) is 4.59. The van der Waals surface area contributed by atoms with Gasteiger partial charge in [-0.1, -0.05) is 6.92 Å². The van der Waals surface area contributed by atoms with Crippen LogP contribution in [0.2, 0.25) is 0 Å². The van der Waals surface area contributed by atoms with Crippen molar-refractivity contribution in [3.63, 3.8) is 0 Å². The number of rotatable bonds is 4. The minimum Gasteiger partial charge on any atom is -0.381 e. The summed E-state index contributed by atoms with van der Waals surface area (Å²) >= 11 is 0. The number of nitrogens with one attached hydrogen (secondary N) is 2. The lowest BCUT2D eigenvalue weighted by molar-refractivity contribution is 0.0892. The molecule has 2 amide bonds. The molecule has 0 spiro atoms. The van der Waals surface area contributed by atoms with Crippen LogP contribution < -0.4 is 5.32 Å². The third-order valence-corrected chi connectivity index (χ3v) is 4.59. The van der Waals surface area contributed by atoms with Crippen LogP contribution in [0.3, 0.4) is 0 Å². The molecular weight excluding hydrogens is 282 g/mol. The maximum Gasteiger partial charge on any atom is 0.317 e. The highest BCUT2D eigenvalue weighted by molar-refractivity contribution is 5.74. The first-order valence-electron chi connectivity index (χ1n) is 8.11. The predicted molar refractivity (Wildman–Crippen MR) is 82.5 cm³/mol. The van der Waals surface area contributed by atoms with Crippen LogP contribution in [-0.4, -0.2) is 71.7 Å². The van der Waals surface area contributed by atoms with Crippen LogP contribution in [0.5, 0.6) is 0 Å². The Morgan fingerprint density at radius 3 is 3.14 bits per heavy atom. The Hall–Kier alpha value is -1.60. The molecule has 22 heavy (non-hydrogen) atoms. The first-order valence-corrected chi connectivity index (χ1v) is 8.11. The number of hydrogen-bond donors (Lipinski definition) is 2. The maximum absolute atomic E-state index is 12.4. The molecule has 1 aromatic rings. The molecule has 7 heteroatoms. The summed E-state index contributed by atoms with van der Waals surface area (Å²) < 4.78 is 5.35. The summed E-state index contributed by atoms with van der Waals surface area (Å²) in [6, 6.07) is 0.175. The summed E-state index contributed by atoms with van der Waals surface area (Å²) in [7, 11) is 0. The zero-order valence-corrected chi connectivity index (χ0v) is 13.1. The van der Waals surface area contributed by atoms with E-state index in [0.717, 1.165) is 45.1 Å². The van der Waals surface area contributed by atoms with Crippen LogP contribution in [0.25, 0.3) is 0 Å². The molecule has 122 valence electrons. The van der Waals surface area contributed by atoms with Crippen LogP contribution in [0.1, 0.15) is 25.2 Å². The fourth-order valence-electron chi connectivity index (χ4n) is 3.19. The second-order valence-corrected chi connectivity index (χ2v) is 5.98. The molecule has 2 atom stereocenters. The van der Waals surface area contributed by atoms with E-state index < -0.39 is 0 Å². The minimum atomic E-state index is 0.0270. The number of amides is 2. The second kappa shape index (κ2) is 7.11. The van der Waals surface area contributed by atoms with Gasteiger partial charge in [-0.05, 0) is 13.0 Å². The van der Waals surface area contributed by atoms with Crippen molar-refractivity contribution < 1.29 is 9.53 Å². The van der Waals surface area contributed by atoms with Crippen LogP contribution in [0.15, 0.2) is 12.4 Å². The van der Waals surface area contributed by atoms with Gasteiger partial charge in [-0.2, -0.15) is 0 Å². The molecule has 2 aliphatic heterocycles. The average molecular weight is 307 g/mol. The van der Waals surface area contributed by atoms with E-state index in [1.165, 1.54) is 0 Å². The predicted octanol–water partition coefficient (Wildman–Crippen LogP) is 0.834. The van der Waals surface area contributed by atoms with E-state index in [2.05, 4.69) is 27.1 Å². The SMILES string of the molecule is CCN1CCN(C(=O)NC[C@@H]2CCOC2)C[C@H]1c1ncc[nH]1. The number of hydrogen-bond acceptors (Lipinski definition) is 4. The van der Waals surface area contributed by atoms with Crippen molar-refractivity contribution >= 4 is 6.03 Å². The number of likely N-dealkylation sites (N-methyl/N-ethyl adjacent to an activating group) is 1. The Kier molecular flexibility index (Phi) is 4.94. The number of ether oxygens (including phenoxy) is 1. The first-order chi connectivity index (χ1) is 10.8. The number of aromatic amines is 1. The zero-order valence-electron chi connectivity index (χ0n) is 13.1. The molecule has 0 aliphatic carbocycles. The van der Waals surface area contributed by atoms with E-state index >= 15 is 0 Å². The Labute approximate surface area is 131 Å². The lowest BCUT2D eigenvalue weighted by Crippen LogP contribution is -2.53. The van der Waals surface area contributed by atoms with E-state index in [0.29, 0.717) is 19.0 Å². The smallest absolute Gasteiger partial charge is 0.317 e. The average Bonchev–Trinajstić information content (AvgIpc) is 3.25. The molecule has 0 unspecified atom stereocenters. The quantitative estimate of drug-likeness (QED) is 0.864. The highest BCUT2D eigenvalue weighted by atomic mass is 16.5. The van der Waals surface area contributed by atoms with E-state index in [1.54, 1.807) is 6.20 Å². The number of carbonyl (C=O) groups excluding carboxylic acids is 1. The fourth-order valence-corrected chi connectivity index (χ4v) is 3.19. The van der Waals surface area contributed by atoms with Gasteiger partial charge < -0.3 is 19.9 Å². The lowest BCUT2D eigenvalue weighted by atomic mass is 10.1. The number of piperazine rings is 1. The van der Waals surface area contributed by atoms with Gasteiger partial charge in [0.05, 0.1) is 12.6 Å². The summed E-state index contributed by atoms with van der Waals surface area (Å²) in [5.41, 5.74) is 0. The van der Waals surface area contributed by atoms with Gasteiger partial charge >= 0.3 is 6.03 Å². The van der Waals surface area contributed by atoms with Crippen molar-refractivity contribution in [1.82, 2.24) is 25.1 Å². The van der Waals surface area contributed by atoms with Gasteiger partial charge in [-0.15, -0.1) is 0 Å². The number of H-pyrrole nitrogens is 1. The van der Waals surface area contributed by atoms with Crippen molar-refractivity contribution in [2.45, 2.75) is 19.4 Å². The molecule has 1 aromatic heterocycles. The Morgan fingerprint density at radius 2 is 2.45 bits per heavy atom. The van der Waals surface area contributed by atoms with Crippen molar-refractivity contribution in [2.75, 3.05) is 45.9 Å². The van der Waals surface area contributed by atoms with Gasteiger partial charge in [0.25, 0.3) is 0 Å². The first kappa shape index (κ1) is 15.3. The largest absolute Gasteiger partial charge is 0.381 e. The third kappa shape index (κ3) is 3.41. The number of aromatic nitrogens is 2. The van der Waals surface area contributed by atoms with Crippen molar-refractivity contribution in [2.24, 2.45) is 5.92 Å². The summed E-state index contributed by atoms with van der Waals surface area (Å²) in [5, 5.41) is 3.05. The molecule has 0 aromatic carbocycles. The molecule has 0 bridgehead atoms. The molecule has 2 N–H and O–H groups in total. The lowest BCUT2D eigenvalue weighted by Gasteiger charge is -2.40. The zero-order chi connectivity index (χ0) is 15.4. The summed E-state index contributed by atoms with van der Waals surface area (Å²) in [6.45, 7) is 7.70. The number of urea groups is 1. The molecule has 7 nitrogen and oxygen atoms in total. The second-order valence-electron chi connectivity index (χ2n) is 5.98. The molecule has 3 rings (SSSR count). The normalized spacial score (nSPS) is 26.3. The molecule has 2 saturated heterocycles. The Bertz CT molecular complexity index is 472. The highest BCUT2D eigenvalue weighted by Crippen LogP contribution is 2.22. The number of carbonyl (C=O) groups is 1. The van der Waals surface area contributed by atoms with Crippen molar-refractivity contribution in [3.8, 4) is 0 Å². The molecule has 0 saturated carbocycles. The number of nitrogens with zero attached hydrogens (tertiary/aromatic N) is 3. The van der Waals surface area contributed by atoms with Crippen LogP contribution in [-0.2, 0) is 4.74 Å². The fraction of sp³-hybridized carbons (Fsp3) is 0.733. The van der Waals surface area contributed by atoms with E-state index in [9.17, 15) is 4.79 Å². The number of imidazole rings is 1. The van der Waals surface area contributed by atoms with Gasteiger partial charge in [-0.25, -0.2) is 9.78 Å². The van der Waals surface area contributed by atoms with E-state index in [1.807, 2.05) is 11.1 Å². The maximum atomic E-state index is 12.4. The minimum absolute atomic E-state index is 0.0270. The Morgan fingerprint density at radius 1 is 1.55 bits per heavy atom. The van der Waals surface area contributed by atoms with Crippen LogP contribution in [0, 0.1) is 5.92 Å². The molecular formula is C15H25N5O2. The summed E-state index contributed by atoms with van der Waals surface area (Å²) in [4.78, 5) is 24.2. The van der Waals surface area contributed by atoms with Gasteiger partial charge in [0.15, 0.2) is 0 Å².